The molecule has 0 aromatic carbocycles. The largest absolute Gasteiger partial charge is 0.395 e. The number of hydrogen-bond donors (Lipinski definition) is 2. The fraction of sp³-hybridized carbons (Fsp3) is 0.500. The van der Waals surface area contributed by atoms with Crippen LogP contribution in [-0.4, -0.2) is 47.6 Å². The molecule has 0 spiro atoms. The van der Waals surface area contributed by atoms with Crippen LogP contribution in [0.25, 0.3) is 0 Å². The maximum Gasteiger partial charge on any atom is 0.272 e. The molecule has 2 N–H and O–H groups in total. The lowest BCUT2D eigenvalue weighted by Crippen LogP contribution is -2.34. The summed E-state index contributed by atoms with van der Waals surface area (Å²) in [6.45, 7) is 2.95. The summed E-state index contributed by atoms with van der Waals surface area (Å²) >= 11 is 0. The maximum absolute atomic E-state index is 12.1. The van der Waals surface area contributed by atoms with Gasteiger partial charge in [-0.2, -0.15) is 0 Å². The van der Waals surface area contributed by atoms with Gasteiger partial charge in [-0.25, -0.2) is 4.98 Å². The van der Waals surface area contributed by atoms with E-state index in [1.165, 1.54) is 0 Å². The van der Waals surface area contributed by atoms with Gasteiger partial charge < -0.3 is 15.3 Å². The zero-order valence-corrected chi connectivity index (χ0v) is 10.3. The molecule has 1 aromatic heterocycles. The molecule has 0 atom stereocenters. The first-order valence-electron chi connectivity index (χ1n) is 5.76. The molecule has 94 valence electrons. The summed E-state index contributed by atoms with van der Waals surface area (Å²) in [5.41, 5.74) is 1.27. The molecule has 1 heterocycles. The normalized spacial score (nSPS) is 10.1. The Kier molecular flexibility index (Phi) is 5.42. The Hall–Kier alpha value is -1.62. The van der Waals surface area contributed by atoms with Gasteiger partial charge in [0, 0.05) is 20.1 Å². The Morgan fingerprint density at radius 1 is 1.47 bits per heavy atom. The van der Waals surface area contributed by atoms with Crippen molar-refractivity contribution in [3.63, 3.8) is 0 Å². The Morgan fingerprint density at radius 3 is 2.71 bits per heavy atom. The molecule has 0 radical (unpaired) electrons. The number of anilines is 1. The molecule has 0 bridgehead atoms. The van der Waals surface area contributed by atoms with Gasteiger partial charge in [0.05, 0.1) is 18.5 Å². The van der Waals surface area contributed by atoms with Gasteiger partial charge in [0.25, 0.3) is 5.91 Å². The van der Waals surface area contributed by atoms with Gasteiger partial charge in [0.15, 0.2) is 0 Å². The molecule has 5 heteroatoms. The number of pyridine rings is 1. The Labute approximate surface area is 101 Å². The molecule has 0 saturated carbocycles. The predicted octanol–water partition coefficient (Wildman–Crippen LogP) is 0.968. The standard InChI is InChI=1S/C12H19N3O2/c1-3-6-15(7-8-16)12(17)11-5-4-10(13-2)9-14-11/h4-5,9,13,16H,3,6-8H2,1-2H3. The van der Waals surface area contributed by atoms with Crippen molar-refractivity contribution in [3.8, 4) is 0 Å². The van der Waals surface area contributed by atoms with Crippen molar-refractivity contribution < 1.29 is 9.90 Å². The molecular weight excluding hydrogens is 218 g/mol. The minimum atomic E-state index is -0.136. The number of rotatable bonds is 6. The van der Waals surface area contributed by atoms with Gasteiger partial charge in [-0.15, -0.1) is 0 Å². The quantitative estimate of drug-likeness (QED) is 0.773. The van der Waals surface area contributed by atoms with E-state index >= 15 is 0 Å². The van der Waals surface area contributed by atoms with Crippen LogP contribution in [0.2, 0.25) is 0 Å². The second kappa shape index (κ2) is 6.85. The lowest BCUT2D eigenvalue weighted by atomic mass is 10.3. The van der Waals surface area contributed by atoms with Crippen LogP contribution in [0, 0.1) is 0 Å². The topological polar surface area (TPSA) is 65.5 Å². The fourth-order valence-corrected chi connectivity index (χ4v) is 1.54. The van der Waals surface area contributed by atoms with Crippen LogP contribution >= 0.6 is 0 Å². The number of aliphatic hydroxyl groups is 1. The van der Waals surface area contributed by atoms with Crippen LogP contribution < -0.4 is 5.32 Å². The number of nitrogens with zero attached hydrogens (tertiary/aromatic N) is 2. The summed E-state index contributed by atoms with van der Waals surface area (Å²) in [6.07, 6.45) is 2.48. The van der Waals surface area contributed by atoms with Gasteiger partial charge >= 0.3 is 0 Å². The summed E-state index contributed by atoms with van der Waals surface area (Å²) in [5.74, 6) is -0.136. The minimum Gasteiger partial charge on any atom is -0.395 e. The van der Waals surface area contributed by atoms with E-state index in [1.54, 1.807) is 24.2 Å². The maximum atomic E-state index is 12.1. The van der Waals surface area contributed by atoms with Crippen molar-refractivity contribution in [2.45, 2.75) is 13.3 Å². The first kappa shape index (κ1) is 13.4. The number of aliphatic hydroxyl groups excluding tert-OH is 1. The summed E-state index contributed by atoms with van der Waals surface area (Å²) in [7, 11) is 1.80. The van der Waals surface area contributed by atoms with E-state index in [9.17, 15) is 4.79 Å². The van der Waals surface area contributed by atoms with E-state index in [0.717, 1.165) is 12.1 Å². The van der Waals surface area contributed by atoms with Crippen molar-refractivity contribution in [2.75, 3.05) is 32.1 Å². The molecule has 1 amide bonds. The SMILES string of the molecule is CCCN(CCO)C(=O)c1ccc(NC)cn1. The number of carbonyl (C=O) groups excluding carboxylic acids is 1. The number of hydrogen-bond acceptors (Lipinski definition) is 4. The minimum absolute atomic E-state index is 0.0274. The molecule has 5 nitrogen and oxygen atoms in total. The van der Waals surface area contributed by atoms with Crippen molar-refractivity contribution in [1.29, 1.82) is 0 Å². The molecule has 0 aliphatic rings. The van der Waals surface area contributed by atoms with E-state index in [1.807, 2.05) is 13.0 Å². The lowest BCUT2D eigenvalue weighted by molar-refractivity contribution is 0.0716. The van der Waals surface area contributed by atoms with Crippen molar-refractivity contribution in [3.05, 3.63) is 24.0 Å². The number of aromatic nitrogens is 1. The van der Waals surface area contributed by atoms with Crippen molar-refractivity contribution in [2.24, 2.45) is 0 Å². The van der Waals surface area contributed by atoms with Crippen LogP contribution in [0.15, 0.2) is 18.3 Å². The van der Waals surface area contributed by atoms with Crippen LogP contribution in [0.1, 0.15) is 23.8 Å². The Morgan fingerprint density at radius 2 is 2.24 bits per heavy atom. The van der Waals surface area contributed by atoms with E-state index in [-0.39, 0.29) is 12.5 Å². The Balaban J connectivity index is 2.77. The number of amides is 1. The monoisotopic (exact) mass is 237 g/mol. The molecule has 0 fully saturated rings. The second-order valence-corrected chi connectivity index (χ2v) is 3.70. The zero-order valence-electron chi connectivity index (χ0n) is 10.3. The van der Waals surface area contributed by atoms with Crippen molar-refractivity contribution in [1.82, 2.24) is 9.88 Å². The average Bonchev–Trinajstić information content (AvgIpc) is 2.38. The number of carbonyl (C=O) groups is 1. The molecule has 0 unspecified atom stereocenters. The molecule has 1 aromatic rings. The van der Waals surface area contributed by atoms with Gasteiger partial charge in [0.2, 0.25) is 0 Å². The van der Waals surface area contributed by atoms with Gasteiger partial charge in [-0.3, -0.25) is 4.79 Å². The van der Waals surface area contributed by atoms with Crippen LogP contribution in [0.4, 0.5) is 5.69 Å². The average molecular weight is 237 g/mol. The highest BCUT2D eigenvalue weighted by Crippen LogP contribution is 2.07. The highest BCUT2D eigenvalue weighted by atomic mass is 16.3. The smallest absolute Gasteiger partial charge is 0.272 e. The predicted molar refractivity (Wildman–Crippen MR) is 67.1 cm³/mol. The molecule has 0 aliphatic heterocycles. The summed E-state index contributed by atoms with van der Waals surface area (Å²) in [4.78, 5) is 17.8. The highest BCUT2D eigenvalue weighted by Gasteiger charge is 2.15. The van der Waals surface area contributed by atoms with E-state index < -0.39 is 0 Å². The summed E-state index contributed by atoms with van der Waals surface area (Å²) < 4.78 is 0. The van der Waals surface area contributed by atoms with E-state index in [2.05, 4.69) is 10.3 Å². The number of nitrogens with one attached hydrogen (secondary N) is 1. The van der Waals surface area contributed by atoms with Crippen molar-refractivity contribution >= 4 is 11.6 Å². The van der Waals surface area contributed by atoms with Crippen LogP contribution in [-0.2, 0) is 0 Å². The van der Waals surface area contributed by atoms with E-state index in [4.69, 9.17) is 5.11 Å². The zero-order chi connectivity index (χ0) is 12.7. The molecule has 0 saturated heterocycles. The molecule has 1 rings (SSSR count). The lowest BCUT2D eigenvalue weighted by Gasteiger charge is -2.20. The van der Waals surface area contributed by atoms with Crippen LogP contribution in [0.3, 0.4) is 0 Å². The molecular formula is C12H19N3O2. The molecule has 17 heavy (non-hydrogen) atoms. The summed E-state index contributed by atoms with van der Waals surface area (Å²) in [6, 6.07) is 3.50. The molecule has 0 aliphatic carbocycles. The second-order valence-electron chi connectivity index (χ2n) is 3.70. The Bertz CT molecular complexity index is 345. The third-order valence-electron chi connectivity index (χ3n) is 2.42. The fourth-order valence-electron chi connectivity index (χ4n) is 1.54. The highest BCUT2D eigenvalue weighted by molar-refractivity contribution is 5.92. The third kappa shape index (κ3) is 3.71. The van der Waals surface area contributed by atoms with Gasteiger partial charge in [-0.1, -0.05) is 6.92 Å². The third-order valence-corrected chi connectivity index (χ3v) is 2.42. The summed E-state index contributed by atoms with van der Waals surface area (Å²) in [5, 5.41) is 11.9. The van der Waals surface area contributed by atoms with Crippen LogP contribution in [0.5, 0.6) is 0 Å². The first-order chi connectivity index (χ1) is 8.22. The van der Waals surface area contributed by atoms with Gasteiger partial charge in [0.1, 0.15) is 5.69 Å². The van der Waals surface area contributed by atoms with Gasteiger partial charge in [-0.05, 0) is 18.6 Å². The van der Waals surface area contributed by atoms with E-state index in [0.29, 0.717) is 18.8 Å². The first-order valence-corrected chi connectivity index (χ1v) is 5.76.